The number of aromatic nitrogens is 5. The van der Waals surface area contributed by atoms with Gasteiger partial charge in [-0.15, -0.1) is 0 Å². The molecule has 38 heavy (non-hydrogen) atoms. The second kappa shape index (κ2) is 9.89. The molecule has 0 unspecified atom stereocenters. The van der Waals surface area contributed by atoms with Crippen LogP contribution < -0.4 is 15.5 Å². The molecule has 5 aromatic rings. The topological polar surface area (TPSA) is 149 Å². The minimum atomic E-state index is -1.22. The molecule has 2 aromatic carbocycles. The molecule has 0 fully saturated rings. The Kier molecular flexibility index (Phi) is 6.31. The number of carbonyl (C=O) groups is 2. The van der Waals surface area contributed by atoms with Crippen LogP contribution in [0.15, 0.2) is 67.4 Å². The standard InChI is InChI=1S/C25H18F2N8O3/c1-35(25(37)38)14-5-2-4-13(10-14)24(36)33-17-8-7-16(26)20(18(17)27)34-22-15(6-3-9-28-22)19-21-23(31-11-29-19)32-12-30-21/h2-12H,1H3,(H,28,34)(H,33,36)(H,37,38)(H,29,30,31,32). The summed E-state index contributed by atoms with van der Waals surface area (Å²) in [6.45, 7) is 0. The quantitative estimate of drug-likeness (QED) is 0.251. The highest BCUT2D eigenvalue weighted by Crippen LogP contribution is 2.34. The summed E-state index contributed by atoms with van der Waals surface area (Å²) in [6.07, 6.45) is 3.00. The van der Waals surface area contributed by atoms with Gasteiger partial charge in [0.1, 0.15) is 34.9 Å². The number of hydrogen-bond acceptors (Lipinski definition) is 7. The number of fused-ring (bicyclic) bond motifs is 1. The summed E-state index contributed by atoms with van der Waals surface area (Å²) in [5.41, 5.74) is 1.20. The molecule has 5 rings (SSSR count). The van der Waals surface area contributed by atoms with Gasteiger partial charge in [0, 0.05) is 30.1 Å². The first-order valence-corrected chi connectivity index (χ1v) is 11.1. The SMILES string of the molecule is CN(C(=O)O)c1cccc(C(=O)Nc2ccc(F)c(Nc3ncccc3-c3ncnc4[nH]cnc34)c2F)c1. The normalized spacial score (nSPS) is 10.8. The second-order valence-electron chi connectivity index (χ2n) is 7.98. The van der Waals surface area contributed by atoms with Gasteiger partial charge < -0.3 is 20.7 Å². The number of hydrogen-bond donors (Lipinski definition) is 4. The number of nitrogens with one attached hydrogen (secondary N) is 3. The Morgan fingerprint density at radius 1 is 1.03 bits per heavy atom. The third-order valence-corrected chi connectivity index (χ3v) is 5.65. The molecule has 4 N–H and O–H groups in total. The van der Waals surface area contributed by atoms with Crippen LogP contribution in [0.25, 0.3) is 22.4 Å². The van der Waals surface area contributed by atoms with Crippen molar-refractivity contribution in [2.45, 2.75) is 0 Å². The average Bonchev–Trinajstić information content (AvgIpc) is 3.42. The zero-order valence-corrected chi connectivity index (χ0v) is 19.6. The largest absolute Gasteiger partial charge is 0.465 e. The molecule has 0 atom stereocenters. The first-order chi connectivity index (χ1) is 18.3. The summed E-state index contributed by atoms with van der Waals surface area (Å²) >= 11 is 0. The Bertz CT molecular complexity index is 1690. The van der Waals surface area contributed by atoms with Gasteiger partial charge in [-0.1, -0.05) is 6.07 Å². The van der Waals surface area contributed by atoms with Gasteiger partial charge in [0.25, 0.3) is 5.91 Å². The van der Waals surface area contributed by atoms with E-state index in [1.54, 1.807) is 12.1 Å². The molecule has 0 spiro atoms. The van der Waals surface area contributed by atoms with Crippen LogP contribution in [0.3, 0.4) is 0 Å². The molecule has 0 aliphatic carbocycles. The number of H-pyrrole nitrogens is 1. The lowest BCUT2D eigenvalue weighted by atomic mass is 10.1. The van der Waals surface area contributed by atoms with Crippen molar-refractivity contribution in [2.75, 3.05) is 22.6 Å². The molecule has 0 radical (unpaired) electrons. The van der Waals surface area contributed by atoms with E-state index in [9.17, 15) is 14.0 Å². The van der Waals surface area contributed by atoms with Crippen molar-refractivity contribution < 1.29 is 23.5 Å². The van der Waals surface area contributed by atoms with Crippen LogP contribution in [0.1, 0.15) is 10.4 Å². The first kappa shape index (κ1) is 24.2. The molecule has 3 heterocycles. The summed E-state index contributed by atoms with van der Waals surface area (Å²) in [5.74, 6) is -2.61. The molecule has 0 aliphatic rings. The number of benzene rings is 2. The molecule has 11 nitrogen and oxygen atoms in total. The monoisotopic (exact) mass is 516 g/mol. The van der Waals surface area contributed by atoms with E-state index in [0.29, 0.717) is 22.4 Å². The number of aromatic amines is 1. The van der Waals surface area contributed by atoms with Crippen LogP contribution in [0.2, 0.25) is 0 Å². The fraction of sp³-hybridized carbons (Fsp3) is 0.0400. The van der Waals surface area contributed by atoms with Crippen LogP contribution in [-0.2, 0) is 0 Å². The fourth-order valence-electron chi connectivity index (χ4n) is 3.70. The van der Waals surface area contributed by atoms with Gasteiger partial charge in [0.15, 0.2) is 11.5 Å². The minimum absolute atomic E-state index is 0.0765. The molecular formula is C25H18F2N8O3. The minimum Gasteiger partial charge on any atom is -0.465 e. The summed E-state index contributed by atoms with van der Waals surface area (Å²) in [5, 5.41) is 14.2. The fourth-order valence-corrected chi connectivity index (χ4v) is 3.70. The number of pyridine rings is 1. The lowest BCUT2D eigenvalue weighted by molar-refractivity contribution is 0.102. The van der Waals surface area contributed by atoms with Crippen LogP contribution in [0, 0.1) is 11.6 Å². The number of imidazole rings is 1. The number of rotatable bonds is 6. The third-order valence-electron chi connectivity index (χ3n) is 5.65. The summed E-state index contributed by atoms with van der Waals surface area (Å²) in [7, 11) is 1.32. The second-order valence-corrected chi connectivity index (χ2v) is 7.98. The van der Waals surface area contributed by atoms with Gasteiger partial charge in [0.05, 0.1) is 12.0 Å². The van der Waals surface area contributed by atoms with Gasteiger partial charge in [0.2, 0.25) is 0 Å². The number of nitrogens with zero attached hydrogens (tertiary/aromatic N) is 5. The highest BCUT2D eigenvalue weighted by atomic mass is 19.1. The van der Waals surface area contributed by atoms with Crippen molar-refractivity contribution in [3.05, 3.63) is 84.6 Å². The molecule has 0 bridgehead atoms. The average molecular weight is 516 g/mol. The van der Waals surface area contributed by atoms with Crippen LogP contribution in [0.4, 0.5) is 36.5 Å². The van der Waals surface area contributed by atoms with Crippen molar-refractivity contribution in [3.8, 4) is 11.3 Å². The van der Waals surface area contributed by atoms with E-state index >= 15 is 4.39 Å². The van der Waals surface area contributed by atoms with Gasteiger partial charge in [-0.25, -0.2) is 33.5 Å². The third kappa shape index (κ3) is 4.55. The predicted octanol–water partition coefficient (Wildman–Crippen LogP) is 4.80. The number of carboxylic acid groups (broad SMARTS) is 1. The molecule has 0 saturated carbocycles. The van der Waals surface area contributed by atoms with Gasteiger partial charge in [-0.3, -0.25) is 9.69 Å². The molecule has 190 valence electrons. The molecule has 0 aliphatic heterocycles. The molecule has 0 saturated heterocycles. The molecular weight excluding hydrogens is 498 g/mol. The smallest absolute Gasteiger partial charge is 0.411 e. The van der Waals surface area contributed by atoms with E-state index in [4.69, 9.17) is 5.11 Å². The van der Waals surface area contributed by atoms with Crippen molar-refractivity contribution in [1.82, 2.24) is 24.9 Å². The van der Waals surface area contributed by atoms with Crippen LogP contribution in [0.5, 0.6) is 0 Å². The number of amides is 2. The van der Waals surface area contributed by atoms with Crippen molar-refractivity contribution in [1.29, 1.82) is 0 Å². The zero-order chi connectivity index (χ0) is 26.8. The van der Waals surface area contributed by atoms with Crippen molar-refractivity contribution >= 4 is 46.0 Å². The van der Waals surface area contributed by atoms with E-state index in [1.807, 2.05) is 0 Å². The molecule has 3 aromatic heterocycles. The molecule has 2 amide bonds. The lowest BCUT2D eigenvalue weighted by Crippen LogP contribution is -2.24. The Morgan fingerprint density at radius 3 is 2.68 bits per heavy atom. The van der Waals surface area contributed by atoms with Crippen molar-refractivity contribution in [3.63, 3.8) is 0 Å². The molecule has 13 heteroatoms. The number of halogens is 2. The summed E-state index contributed by atoms with van der Waals surface area (Å²) in [4.78, 5) is 44.6. The number of carbonyl (C=O) groups excluding carboxylic acids is 1. The van der Waals surface area contributed by atoms with E-state index in [2.05, 4.69) is 35.6 Å². The first-order valence-electron chi connectivity index (χ1n) is 11.1. The van der Waals surface area contributed by atoms with Gasteiger partial charge in [-0.2, -0.15) is 0 Å². The predicted molar refractivity (Wildman–Crippen MR) is 135 cm³/mol. The van der Waals surface area contributed by atoms with Crippen molar-refractivity contribution in [2.24, 2.45) is 0 Å². The Labute approximate surface area is 213 Å². The van der Waals surface area contributed by atoms with Crippen LogP contribution >= 0.6 is 0 Å². The highest BCUT2D eigenvalue weighted by Gasteiger charge is 2.20. The zero-order valence-electron chi connectivity index (χ0n) is 19.6. The van der Waals surface area contributed by atoms with Crippen LogP contribution in [-0.4, -0.2) is 49.1 Å². The Balaban J connectivity index is 1.46. The van der Waals surface area contributed by atoms with E-state index in [-0.39, 0.29) is 22.8 Å². The van der Waals surface area contributed by atoms with Gasteiger partial charge in [-0.05, 0) is 42.5 Å². The maximum absolute atomic E-state index is 15.5. The highest BCUT2D eigenvalue weighted by molar-refractivity contribution is 6.05. The lowest BCUT2D eigenvalue weighted by Gasteiger charge is -2.16. The Hall–Kier alpha value is -5.46. The maximum Gasteiger partial charge on any atom is 0.411 e. The summed E-state index contributed by atoms with van der Waals surface area (Å²) < 4.78 is 30.3. The number of anilines is 4. The summed E-state index contributed by atoms with van der Waals surface area (Å²) in [6, 6.07) is 11.1. The van der Waals surface area contributed by atoms with E-state index in [0.717, 1.165) is 17.0 Å². The van der Waals surface area contributed by atoms with E-state index in [1.165, 1.54) is 50.2 Å². The van der Waals surface area contributed by atoms with E-state index < -0.39 is 29.3 Å². The van der Waals surface area contributed by atoms with Gasteiger partial charge >= 0.3 is 6.09 Å². The maximum atomic E-state index is 15.5. The Morgan fingerprint density at radius 2 is 1.87 bits per heavy atom.